The van der Waals surface area contributed by atoms with E-state index in [9.17, 15) is 18.5 Å². The molecule has 0 radical (unpaired) electrons. The lowest BCUT2D eigenvalue weighted by Gasteiger charge is -2.11. The lowest BCUT2D eigenvalue weighted by molar-refractivity contribution is -0.384. The van der Waals surface area contributed by atoms with Crippen molar-refractivity contribution in [2.24, 2.45) is 0 Å². The number of sulfonamides is 1. The maximum Gasteiger partial charge on any atom is 0.269 e. The van der Waals surface area contributed by atoms with Crippen LogP contribution in [-0.2, 0) is 10.0 Å². The summed E-state index contributed by atoms with van der Waals surface area (Å²) in [6, 6.07) is 4.10. The Kier molecular flexibility index (Phi) is 2.16. The van der Waals surface area contributed by atoms with Crippen LogP contribution < -0.4 is 4.31 Å². The molecule has 0 aromatic heterocycles. The average molecular weight is 242 g/mol. The fourth-order valence-electron chi connectivity index (χ4n) is 1.80. The minimum Gasteiger partial charge on any atom is -0.272 e. The van der Waals surface area contributed by atoms with E-state index < -0.39 is 20.2 Å². The zero-order chi connectivity index (χ0) is 12.1. The van der Waals surface area contributed by atoms with Gasteiger partial charge >= 0.3 is 0 Å². The molecule has 7 heteroatoms. The molecular weight excluding hydrogens is 232 g/mol. The van der Waals surface area contributed by atoms with Crippen molar-refractivity contribution in [1.29, 1.82) is 0 Å². The maximum atomic E-state index is 11.8. The Morgan fingerprint density at radius 2 is 2.06 bits per heavy atom. The first kappa shape index (κ1) is 10.9. The molecule has 1 aromatic rings. The SMILES string of the molecule is CC1c2cc([N+](=O)[O-])ccc2N(C)S1(=O)=O. The van der Waals surface area contributed by atoms with Crippen LogP contribution in [0.1, 0.15) is 17.7 Å². The largest absolute Gasteiger partial charge is 0.272 e. The monoisotopic (exact) mass is 242 g/mol. The lowest BCUT2D eigenvalue weighted by atomic mass is 10.1. The fraction of sp³-hybridized carbons (Fsp3) is 0.333. The number of fused-ring (bicyclic) bond motifs is 1. The van der Waals surface area contributed by atoms with E-state index in [2.05, 4.69) is 0 Å². The third-order valence-corrected chi connectivity index (χ3v) is 4.94. The Morgan fingerprint density at radius 1 is 1.44 bits per heavy atom. The summed E-state index contributed by atoms with van der Waals surface area (Å²) in [6.45, 7) is 1.53. The molecule has 2 rings (SSSR count). The van der Waals surface area contributed by atoms with Crippen LogP contribution in [0.2, 0.25) is 0 Å². The van der Waals surface area contributed by atoms with E-state index in [1.165, 1.54) is 32.2 Å². The van der Waals surface area contributed by atoms with Gasteiger partial charge in [0.15, 0.2) is 0 Å². The van der Waals surface area contributed by atoms with Gasteiger partial charge < -0.3 is 0 Å². The predicted molar refractivity (Wildman–Crippen MR) is 58.8 cm³/mol. The number of nitro benzene ring substituents is 1. The Hall–Kier alpha value is -1.63. The van der Waals surface area contributed by atoms with Crippen molar-refractivity contribution in [3.05, 3.63) is 33.9 Å². The number of non-ortho nitro benzene ring substituents is 1. The zero-order valence-electron chi connectivity index (χ0n) is 8.75. The molecule has 0 spiro atoms. The molecule has 86 valence electrons. The molecular formula is C9H10N2O4S. The van der Waals surface area contributed by atoms with Crippen LogP contribution in [0.3, 0.4) is 0 Å². The summed E-state index contributed by atoms with van der Waals surface area (Å²) in [6.07, 6.45) is 0. The van der Waals surface area contributed by atoms with Crippen molar-refractivity contribution in [2.45, 2.75) is 12.2 Å². The third-order valence-electron chi connectivity index (χ3n) is 2.83. The third kappa shape index (κ3) is 1.28. The van der Waals surface area contributed by atoms with E-state index in [0.717, 1.165) is 4.31 Å². The van der Waals surface area contributed by atoms with E-state index in [1.807, 2.05) is 0 Å². The molecule has 1 aliphatic rings. The van der Waals surface area contributed by atoms with Crippen LogP contribution in [0.4, 0.5) is 11.4 Å². The van der Waals surface area contributed by atoms with Crippen LogP contribution in [0.25, 0.3) is 0 Å². The van der Waals surface area contributed by atoms with Crippen molar-refractivity contribution in [2.75, 3.05) is 11.4 Å². The Bertz CT molecular complexity index is 567. The molecule has 1 aliphatic heterocycles. The number of hydrogen-bond acceptors (Lipinski definition) is 4. The fourth-order valence-corrected chi connectivity index (χ4v) is 3.23. The van der Waals surface area contributed by atoms with Crippen molar-refractivity contribution in [3.8, 4) is 0 Å². The standard InChI is InChI=1S/C9H10N2O4S/c1-6-8-5-7(11(12)13)3-4-9(8)10(2)16(6,14)15/h3-6H,1-2H3. The Labute approximate surface area is 92.7 Å². The van der Waals surface area contributed by atoms with E-state index in [4.69, 9.17) is 0 Å². The molecule has 1 atom stereocenters. The topological polar surface area (TPSA) is 80.5 Å². The van der Waals surface area contributed by atoms with Crippen molar-refractivity contribution < 1.29 is 13.3 Å². The summed E-state index contributed by atoms with van der Waals surface area (Å²) < 4.78 is 24.7. The van der Waals surface area contributed by atoms with Crippen molar-refractivity contribution >= 4 is 21.4 Å². The highest BCUT2D eigenvalue weighted by Gasteiger charge is 2.38. The average Bonchev–Trinajstić information content (AvgIpc) is 2.40. The van der Waals surface area contributed by atoms with Crippen molar-refractivity contribution in [1.82, 2.24) is 0 Å². The molecule has 0 N–H and O–H groups in total. The van der Waals surface area contributed by atoms with Crippen molar-refractivity contribution in [3.63, 3.8) is 0 Å². The zero-order valence-corrected chi connectivity index (χ0v) is 9.56. The quantitative estimate of drug-likeness (QED) is 0.551. The molecule has 1 unspecified atom stereocenters. The van der Waals surface area contributed by atoms with Gasteiger partial charge in [-0.1, -0.05) is 0 Å². The number of anilines is 1. The van der Waals surface area contributed by atoms with E-state index >= 15 is 0 Å². The number of benzene rings is 1. The van der Waals surface area contributed by atoms with Gasteiger partial charge in [-0.25, -0.2) is 8.42 Å². The highest BCUT2D eigenvalue weighted by atomic mass is 32.2. The second kappa shape index (κ2) is 3.18. The summed E-state index contributed by atoms with van der Waals surface area (Å²) in [4.78, 5) is 10.1. The molecule has 0 fully saturated rings. The summed E-state index contributed by atoms with van der Waals surface area (Å²) in [7, 11) is -1.95. The van der Waals surface area contributed by atoms with Gasteiger partial charge in [0.2, 0.25) is 10.0 Å². The first-order valence-corrected chi connectivity index (χ1v) is 6.12. The second-order valence-corrected chi connectivity index (χ2v) is 5.94. The number of rotatable bonds is 1. The Balaban J connectivity index is 2.65. The predicted octanol–water partition coefficient (Wildman–Crippen LogP) is 1.44. The summed E-state index contributed by atoms with van der Waals surface area (Å²) >= 11 is 0. The molecule has 0 amide bonds. The summed E-state index contributed by atoms with van der Waals surface area (Å²) in [5, 5.41) is 9.86. The first-order valence-electron chi connectivity index (χ1n) is 4.62. The second-order valence-electron chi connectivity index (χ2n) is 3.65. The van der Waals surface area contributed by atoms with Gasteiger partial charge in [-0.05, 0) is 13.0 Å². The highest BCUT2D eigenvalue weighted by molar-refractivity contribution is 7.93. The van der Waals surface area contributed by atoms with Crippen LogP contribution in [0.15, 0.2) is 18.2 Å². The minimum atomic E-state index is -3.39. The van der Waals surface area contributed by atoms with E-state index in [0.29, 0.717) is 11.3 Å². The molecule has 1 aromatic carbocycles. The molecule has 16 heavy (non-hydrogen) atoms. The molecule has 0 saturated carbocycles. The molecule has 1 heterocycles. The number of hydrogen-bond donors (Lipinski definition) is 0. The van der Waals surface area contributed by atoms with Gasteiger partial charge in [0.1, 0.15) is 5.25 Å². The highest BCUT2D eigenvalue weighted by Crippen LogP contribution is 2.42. The number of nitro groups is 1. The summed E-state index contributed by atoms with van der Waals surface area (Å²) in [5.41, 5.74) is 0.908. The first-order chi connectivity index (χ1) is 7.35. The van der Waals surface area contributed by atoms with Crippen LogP contribution in [-0.4, -0.2) is 20.4 Å². The molecule has 0 saturated heterocycles. The normalized spacial score (nSPS) is 21.9. The van der Waals surface area contributed by atoms with E-state index in [1.54, 1.807) is 0 Å². The molecule has 0 aliphatic carbocycles. The van der Waals surface area contributed by atoms with Gasteiger partial charge in [-0.15, -0.1) is 0 Å². The van der Waals surface area contributed by atoms with Gasteiger partial charge in [0.05, 0.1) is 10.6 Å². The number of nitrogens with zero attached hydrogens (tertiary/aromatic N) is 2. The minimum absolute atomic E-state index is 0.0869. The lowest BCUT2D eigenvalue weighted by Crippen LogP contribution is -2.22. The summed E-state index contributed by atoms with van der Waals surface area (Å²) in [5.74, 6) is 0. The van der Waals surface area contributed by atoms with E-state index in [-0.39, 0.29) is 5.69 Å². The molecule has 6 nitrogen and oxygen atoms in total. The van der Waals surface area contributed by atoms with Gasteiger partial charge in [-0.2, -0.15) is 0 Å². The van der Waals surface area contributed by atoms with Gasteiger partial charge in [0.25, 0.3) is 5.69 Å². The molecule has 0 bridgehead atoms. The van der Waals surface area contributed by atoms with Gasteiger partial charge in [0, 0.05) is 24.7 Å². The van der Waals surface area contributed by atoms with Crippen LogP contribution in [0, 0.1) is 10.1 Å². The van der Waals surface area contributed by atoms with Gasteiger partial charge in [-0.3, -0.25) is 14.4 Å². The Morgan fingerprint density at radius 3 is 2.62 bits per heavy atom. The van der Waals surface area contributed by atoms with Crippen LogP contribution in [0.5, 0.6) is 0 Å². The van der Waals surface area contributed by atoms with Crippen LogP contribution >= 0.6 is 0 Å². The smallest absolute Gasteiger partial charge is 0.269 e. The maximum absolute atomic E-state index is 11.8.